The molecule has 0 aromatic carbocycles. The summed E-state index contributed by atoms with van der Waals surface area (Å²) < 4.78 is 11.8. The van der Waals surface area contributed by atoms with Gasteiger partial charge < -0.3 is 19.7 Å². The highest BCUT2D eigenvalue weighted by molar-refractivity contribution is 5.81. The van der Waals surface area contributed by atoms with Crippen molar-refractivity contribution in [3.63, 3.8) is 0 Å². The summed E-state index contributed by atoms with van der Waals surface area (Å²) in [6, 6.07) is 0. The number of carbonyl (C=O) groups excluding carboxylic acids is 1. The average molecular weight is 351 g/mol. The van der Waals surface area contributed by atoms with Crippen LogP contribution in [0.15, 0.2) is 0 Å². The van der Waals surface area contributed by atoms with Crippen molar-refractivity contribution >= 4 is 5.91 Å². The van der Waals surface area contributed by atoms with Gasteiger partial charge in [-0.05, 0) is 51.0 Å². The van der Waals surface area contributed by atoms with Gasteiger partial charge in [0.1, 0.15) is 6.10 Å². The molecule has 25 heavy (non-hydrogen) atoms. The van der Waals surface area contributed by atoms with E-state index in [1.807, 2.05) is 4.90 Å². The zero-order chi connectivity index (χ0) is 17.2. The van der Waals surface area contributed by atoms with Crippen LogP contribution in [0.5, 0.6) is 0 Å². The Bertz CT molecular complexity index is 461. The molecular weight excluding hydrogens is 318 g/mol. The Morgan fingerprint density at radius 1 is 1.08 bits per heavy atom. The molecule has 0 bridgehead atoms. The maximum Gasteiger partial charge on any atom is 0.251 e. The molecule has 6 nitrogen and oxygen atoms in total. The van der Waals surface area contributed by atoms with Gasteiger partial charge in [-0.3, -0.25) is 9.69 Å². The largest absolute Gasteiger partial charge is 0.379 e. The first-order valence-electron chi connectivity index (χ1n) is 10.2. The molecule has 5 unspecified atom stereocenters. The molecule has 142 valence electrons. The third kappa shape index (κ3) is 3.72. The smallest absolute Gasteiger partial charge is 0.251 e. The highest BCUT2D eigenvalue weighted by Gasteiger charge is 2.46. The Balaban J connectivity index is 1.29. The molecule has 0 radical (unpaired) electrons. The zero-order valence-electron chi connectivity index (χ0n) is 15.5. The number of rotatable bonds is 3. The van der Waals surface area contributed by atoms with Gasteiger partial charge in [0.05, 0.1) is 18.4 Å². The van der Waals surface area contributed by atoms with Gasteiger partial charge in [-0.2, -0.15) is 0 Å². The lowest BCUT2D eigenvalue weighted by molar-refractivity contribution is -0.149. The van der Waals surface area contributed by atoms with Crippen LogP contribution in [0, 0.1) is 5.92 Å². The van der Waals surface area contributed by atoms with Crippen LogP contribution in [-0.4, -0.2) is 80.0 Å². The third-order valence-corrected chi connectivity index (χ3v) is 6.66. The monoisotopic (exact) mass is 351 g/mol. The minimum Gasteiger partial charge on any atom is -0.379 e. The number of amides is 1. The summed E-state index contributed by atoms with van der Waals surface area (Å²) in [7, 11) is 1.77. The lowest BCUT2D eigenvalue weighted by Crippen LogP contribution is -2.57. The Morgan fingerprint density at radius 2 is 1.92 bits per heavy atom. The minimum atomic E-state index is -0.245. The second-order valence-corrected chi connectivity index (χ2v) is 8.12. The van der Waals surface area contributed by atoms with E-state index in [9.17, 15) is 4.79 Å². The van der Waals surface area contributed by atoms with Crippen molar-refractivity contribution in [2.24, 2.45) is 5.92 Å². The quantitative estimate of drug-likeness (QED) is 0.828. The molecule has 1 saturated carbocycles. The molecule has 4 aliphatic rings. The number of methoxy groups -OCH3 is 1. The first-order chi connectivity index (χ1) is 12.3. The lowest BCUT2D eigenvalue weighted by atomic mass is 9.83. The van der Waals surface area contributed by atoms with Gasteiger partial charge in [-0.25, -0.2) is 0 Å². The van der Waals surface area contributed by atoms with Gasteiger partial charge >= 0.3 is 0 Å². The van der Waals surface area contributed by atoms with E-state index < -0.39 is 0 Å². The molecule has 6 heteroatoms. The predicted octanol–water partition coefficient (Wildman–Crippen LogP) is 1.20. The Morgan fingerprint density at radius 3 is 2.64 bits per heavy atom. The number of carbonyl (C=O) groups is 1. The van der Waals surface area contributed by atoms with Crippen molar-refractivity contribution in [2.45, 2.75) is 69.4 Å². The molecule has 1 aliphatic carbocycles. The molecule has 0 spiro atoms. The van der Waals surface area contributed by atoms with Gasteiger partial charge in [-0.15, -0.1) is 0 Å². The average Bonchev–Trinajstić information content (AvgIpc) is 3.12. The van der Waals surface area contributed by atoms with Crippen LogP contribution in [0.1, 0.15) is 44.9 Å². The topological polar surface area (TPSA) is 54.0 Å². The predicted molar refractivity (Wildman–Crippen MR) is 95.2 cm³/mol. The van der Waals surface area contributed by atoms with E-state index in [1.165, 1.54) is 32.1 Å². The Hall–Kier alpha value is -0.690. The maximum absolute atomic E-state index is 12.9. The van der Waals surface area contributed by atoms with Gasteiger partial charge in [0.15, 0.2) is 0 Å². The Kier molecular flexibility index (Phi) is 5.60. The first kappa shape index (κ1) is 17.7. The molecule has 5 atom stereocenters. The van der Waals surface area contributed by atoms with Crippen molar-refractivity contribution in [3.05, 3.63) is 0 Å². The summed E-state index contributed by atoms with van der Waals surface area (Å²) in [4.78, 5) is 17.5. The Labute approximate surface area is 151 Å². The fraction of sp³-hybridized carbons (Fsp3) is 0.947. The number of piperazine rings is 1. The second-order valence-electron chi connectivity index (χ2n) is 8.12. The van der Waals surface area contributed by atoms with Crippen molar-refractivity contribution in [3.8, 4) is 0 Å². The van der Waals surface area contributed by atoms with Gasteiger partial charge in [0.25, 0.3) is 5.91 Å². The van der Waals surface area contributed by atoms with E-state index in [-0.39, 0.29) is 24.2 Å². The molecule has 4 fully saturated rings. The molecular formula is C19H33N3O3. The van der Waals surface area contributed by atoms with E-state index in [0.717, 1.165) is 45.6 Å². The van der Waals surface area contributed by atoms with Crippen LogP contribution in [0.25, 0.3) is 0 Å². The van der Waals surface area contributed by atoms with Crippen molar-refractivity contribution < 1.29 is 14.3 Å². The molecule has 1 N–H and O–H groups in total. The van der Waals surface area contributed by atoms with E-state index in [1.54, 1.807) is 7.11 Å². The number of hydrogen-bond donors (Lipinski definition) is 1. The molecule has 4 rings (SSSR count). The number of nitrogens with one attached hydrogen (secondary N) is 1. The van der Waals surface area contributed by atoms with Crippen LogP contribution < -0.4 is 5.32 Å². The SMILES string of the molecule is COC1CCCC2CC(C(=O)N3CCN(C4CCCCN4)CC3)OC21. The normalized spacial score (nSPS) is 40.0. The maximum atomic E-state index is 12.9. The van der Waals surface area contributed by atoms with Crippen LogP contribution in [0.3, 0.4) is 0 Å². The van der Waals surface area contributed by atoms with Crippen LogP contribution >= 0.6 is 0 Å². The van der Waals surface area contributed by atoms with E-state index in [2.05, 4.69) is 10.2 Å². The molecule has 3 saturated heterocycles. The summed E-state index contributed by atoms with van der Waals surface area (Å²) in [6.45, 7) is 4.75. The van der Waals surface area contributed by atoms with E-state index in [0.29, 0.717) is 12.1 Å². The molecule has 0 aromatic rings. The fourth-order valence-corrected chi connectivity index (χ4v) is 5.20. The number of ether oxygens (including phenoxy) is 2. The summed E-state index contributed by atoms with van der Waals surface area (Å²) in [5.74, 6) is 0.709. The molecule has 3 aliphatic heterocycles. The third-order valence-electron chi connectivity index (χ3n) is 6.66. The lowest BCUT2D eigenvalue weighted by Gasteiger charge is -2.41. The molecule has 0 aromatic heterocycles. The minimum absolute atomic E-state index is 0.125. The van der Waals surface area contributed by atoms with Crippen molar-refractivity contribution in [2.75, 3.05) is 39.8 Å². The van der Waals surface area contributed by atoms with Crippen molar-refractivity contribution in [1.82, 2.24) is 15.1 Å². The first-order valence-corrected chi connectivity index (χ1v) is 10.2. The van der Waals surface area contributed by atoms with E-state index >= 15 is 0 Å². The number of nitrogens with zero attached hydrogens (tertiary/aromatic N) is 2. The molecule has 3 heterocycles. The number of hydrogen-bond acceptors (Lipinski definition) is 5. The van der Waals surface area contributed by atoms with Gasteiger partial charge in [0, 0.05) is 33.3 Å². The van der Waals surface area contributed by atoms with Gasteiger partial charge in [0.2, 0.25) is 0 Å². The second kappa shape index (κ2) is 7.91. The highest BCUT2D eigenvalue weighted by atomic mass is 16.5. The summed E-state index contributed by atoms with van der Waals surface area (Å²) in [6.07, 6.45) is 8.72. The summed E-state index contributed by atoms with van der Waals surface area (Å²) in [5, 5.41) is 3.62. The van der Waals surface area contributed by atoms with Gasteiger partial charge in [-0.1, -0.05) is 6.42 Å². The van der Waals surface area contributed by atoms with Crippen LogP contribution in [-0.2, 0) is 14.3 Å². The number of piperidine rings is 1. The molecule has 1 amide bonds. The van der Waals surface area contributed by atoms with E-state index in [4.69, 9.17) is 9.47 Å². The van der Waals surface area contributed by atoms with Crippen LogP contribution in [0.2, 0.25) is 0 Å². The van der Waals surface area contributed by atoms with Crippen molar-refractivity contribution in [1.29, 1.82) is 0 Å². The summed E-state index contributed by atoms with van der Waals surface area (Å²) in [5.41, 5.74) is 0. The fourth-order valence-electron chi connectivity index (χ4n) is 5.20. The van der Waals surface area contributed by atoms with Crippen LogP contribution in [0.4, 0.5) is 0 Å². The summed E-state index contributed by atoms with van der Waals surface area (Å²) >= 11 is 0. The zero-order valence-corrected chi connectivity index (χ0v) is 15.5. The highest BCUT2D eigenvalue weighted by Crippen LogP contribution is 2.39. The number of fused-ring (bicyclic) bond motifs is 1. The standard InChI is InChI=1S/C19H33N3O3/c1-24-15-6-4-5-14-13-16(25-18(14)15)19(23)22-11-9-21(10-12-22)17-7-2-3-8-20-17/h14-18,20H,2-13H2,1H3.